The summed E-state index contributed by atoms with van der Waals surface area (Å²) < 4.78 is 10.1. The molecular formula is C12H17NO3. The van der Waals surface area contributed by atoms with E-state index in [-0.39, 0.29) is 12.1 Å². The molecule has 0 radical (unpaired) electrons. The van der Waals surface area contributed by atoms with Gasteiger partial charge in [-0.05, 0) is 31.2 Å². The second-order valence-electron chi connectivity index (χ2n) is 3.62. The van der Waals surface area contributed by atoms with Crippen LogP contribution in [-0.4, -0.2) is 25.8 Å². The van der Waals surface area contributed by atoms with Gasteiger partial charge in [0.25, 0.3) is 0 Å². The molecule has 0 amide bonds. The number of benzene rings is 1. The van der Waals surface area contributed by atoms with Gasteiger partial charge in [0.15, 0.2) is 0 Å². The van der Waals surface area contributed by atoms with Gasteiger partial charge in [0.05, 0.1) is 5.56 Å². The van der Waals surface area contributed by atoms with E-state index in [1.54, 1.807) is 31.4 Å². The number of esters is 1. The largest absolute Gasteiger partial charge is 0.459 e. The third-order valence-electron chi connectivity index (χ3n) is 2.18. The molecule has 16 heavy (non-hydrogen) atoms. The first-order valence-electron chi connectivity index (χ1n) is 5.19. The van der Waals surface area contributed by atoms with Gasteiger partial charge in [0, 0.05) is 25.8 Å². The normalized spacial score (nSPS) is 12.1. The van der Waals surface area contributed by atoms with Gasteiger partial charge in [0.1, 0.15) is 6.10 Å². The van der Waals surface area contributed by atoms with Crippen LogP contribution in [0, 0.1) is 0 Å². The molecule has 0 fully saturated rings. The smallest absolute Gasteiger partial charge is 0.338 e. The second kappa shape index (κ2) is 6.12. The number of rotatable bonds is 5. The molecule has 4 nitrogen and oxygen atoms in total. The predicted octanol–water partition coefficient (Wildman–Crippen LogP) is 1.85. The predicted molar refractivity (Wildman–Crippen MR) is 62.2 cm³/mol. The van der Waals surface area contributed by atoms with Crippen molar-refractivity contribution in [3.05, 3.63) is 29.8 Å². The van der Waals surface area contributed by atoms with Crippen molar-refractivity contribution in [2.24, 2.45) is 0 Å². The van der Waals surface area contributed by atoms with E-state index >= 15 is 0 Å². The summed E-state index contributed by atoms with van der Waals surface area (Å²) in [7, 11) is 1.62. The fourth-order valence-corrected chi connectivity index (χ4v) is 1.21. The lowest BCUT2D eigenvalue weighted by molar-refractivity contribution is 0.0267. The quantitative estimate of drug-likeness (QED) is 0.611. The molecule has 0 aromatic heterocycles. The van der Waals surface area contributed by atoms with Gasteiger partial charge in [-0.25, -0.2) is 4.79 Å². The van der Waals surface area contributed by atoms with Gasteiger partial charge >= 0.3 is 5.97 Å². The zero-order valence-electron chi connectivity index (χ0n) is 9.60. The van der Waals surface area contributed by atoms with E-state index in [1.165, 1.54) is 0 Å². The van der Waals surface area contributed by atoms with Crippen molar-refractivity contribution in [2.75, 3.05) is 19.5 Å². The molecule has 0 aliphatic carbocycles. The molecule has 88 valence electrons. The van der Waals surface area contributed by atoms with E-state index < -0.39 is 0 Å². The third kappa shape index (κ3) is 3.90. The number of ether oxygens (including phenoxy) is 2. The summed E-state index contributed by atoms with van der Waals surface area (Å²) in [6.07, 6.45) is 0.544. The van der Waals surface area contributed by atoms with Crippen molar-refractivity contribution in [3.63, 3.8) is 0 Å². The van der Waals surface area contributed by atoms with Gasteiger partial charge in [0.2, 0.25) is 0 Å². The number of hydrogen-bond acceptors (Lipinski definition) is 4. The van der Waals surface area contributed by atoms with Crippen LogP contribution in [0.1, 0.15) is 23.7 Å². The van der Waals surface area contributed by atoms with Crippen LogP contribution in [0.25, 0.3) is 0 Å². The number of nitrogens with two attached hydrogens (primary N) is 1. The minimum Gasteiger partial charge on any atom is -0.459 e. The molecular weight excluding hydrogens is 206 g/mol. The first-order chi connectivity index (χ1) is 7.63. The Hall–Kier alpha value is -1.55. The van der Waals surface area contributed by atoms with E-state index in [1.807, 2.05) is 6.92 Å². The van der Waals surface area contributed by atoms with Crippen LogP contribution < -0.4 is 5.73 Å². The van der Waals surface area contributed by atoms with E-state index in [4.69, 9.17) is 15.2 Å². The summed E-state index contributed by atoms with van der Waals surface area (Å²) in [4.78, 5) is 11.6. The fourth-order valence-electron chi connectivity index (χ4n) is 1.21. The lowest BCUT2D eigenvalue weighted by Crippen LogP contribution is -2.16. The molecule has 1 unspecified atom stereocenters. The topological polar surface area (TPSA) is 61.5 Å². The van der Waals surface area contributed by atoms with E-state index in [9.17, 15) is 4.79 Å². The van der Waals surface area contributed by atoms with Gasteiger partial charge < -0.3 is 15.2 Å². The second-order valence-corrected chi connectivity index (χ2v) is 3.62. The average molecular weight is 223 g/mol. The molecule has 0 spiro atoms. The SMILES string of the molecule is COCCC(C)OC(=O)c1ccc(N)cc1. The fraction of sp³-hybridized carbons (Fsp3) is 0.417. The van der Waals surface area contributed by atoms with Crippen LogP contribution in [0.3, 0.4) is 0 Å². The van der Waals surface area contributed by atoms with Crippen LogP contribution in [0.4, 0.5) is 5.69 Å². The van der Waals surface area contributed by atoms with E-state index in [0.29, 0.717) is 24.3 Å². The van der Waals surface area contributed by atoms with Crippen molar-refractivity contribution in [3.8, 4) is 0 Å². The Morgan fingerprint density at radius 3 is 2.56 bits per heavy atom. The maximum atomic E-state index is 11.6. The molecule has 1 atom stereocenters. The highest BCUT2D eigenvalue weighted by Gasteiger charge is 2.11. The number of methoxy groups -OCH3 is 1. The minimum absolute atomic E-state index is 0.148. The summed E-state index contributed by atoms with van der Waals surface area (Å²) >= 11 is 0. The first kappa shape index (κ1) is 12.5. The zero-order valence-corrected chi connectivity index (χ0v) is 9.60. The Bertz CT molecular complexity index is 335. The number of hydrogen-bond donors (Lipinski definition) is 1. The average Bonchev–Trinajstić information content (AvgIpc) is 2.27. The van der Waals surface area contributed by atoms with Gasteiger partial charge in [-0.1, -0.05) is 0 Å². The molecule has 1 aromatic carbocycles. The molecule has 0 aliphatic heterocycles. The number of carbonyl (C=O) groups is 1. The third-order valence-corrected chi connectivity index (χ3v) is 2.18. The number of anilines is 1. The maximum absolute atomic E-state index is 11.6. The van der Waals surface area contributed by atoms with Crippen LogP contribution in [-0.2, 0) is 9.47 Å². The summed E-state index contributed by atoms with van der Waals surface area (Å²) in [5.74, 6) is -0.330. The summed E-state index contributed by atoms with van der Waals surface area (Å²) in [6, 6.07) is 6.66. The Morgan fingerprint density at radius 1 is 1.38 bits per heavy atom. The van der Waals surface area contributed by atoms with Gasteiger partial charge in [-0.15, -0.1) is 0 Å². The molecule has 1 rings (SSSR count). The molecule has 4 heteroatoms. The molecule has 0 bridgehead atoms. The molecule has 0 saturated carbocycles. The number of nitrogen functional groups attached to an aromatic ring is 1. The monoisotopic (exact) mass is 223 g/mol. The van der Waals surface area contributed by atoms with Crippen LogP contribution >= 0.6 is 0 Å². The van der Waals surface area contributed by atoms with Gasteiger partial charge in [-0.2, -0.15) is 0 Å². The zero-order chi connectivity index (χ0) is 12.0. The van der Waals surface area contributed by atoms with Crippen molar-refractivity contribution >= 4 is 11.7 Å². The standard InChI is InChI=1S/C12H17NO3/c1-9(7-8-15-2)16-12(14)10-3-5-11(13)6-4-10/h3-6,9H,7-8,13H2,1-2H3. The summed E-state index contributed by atoms with van der Waals surface area (Å²) in [5.41, 5.74) is 6.67. The van der Waals surface area contributed by atoms with Gasteiger partial charge in [-0.3, -0.25) is 0 Å². The molecule has 0 heterocycles. The molecule has 1 aromatic rings. The van der Waals surface area contributed by atoms with Crippen molar-refractivity contribution in [1.82, 2.24) is 0 Å². The minimum atomic E-state index is -0.330. The molecule has 0 saturated heterocycles. The lowest BCUT2D eigenvalue weighted by atomic mass is 10.2. The van der Waals surface area contributed by atoms with Crippen LogP contribution in [0.2, 0.25) is 0 Å². The maximum Gasteiger partial charge on any atom is 0.338 e. The highest BCUT2D eigenvalue weighted by molar-refractivity contribution is 5.89. The van der Waals surface area contributed by atoms with E-state index in [2.05, 4.69) is 0 Å². The Kier molecular flexibility index (Phi) is 4.79. The lowest BCUT2D eigenvalue weighted by Gasteiger charge is -2.12. The van der Waals surface area contributed by atoms with Crippen molar-refractivity contribution < 1.29 is 14.3 Å². The Morgan fingerprint density at radius 2 is 2.00 bits per heavy atom. The Balaban J connectivity index is 2.48. The van der Waals surface area contributed by atoms with E-state index in [0.717, 1.165) is 0 Å². The summed E-state index contributed by atoms with van der Waals surface area (Å²) in [5, 5.41) is 0. The number of carbonyl (C=O) groups excluding carboxylic acids is 1. The van der Waals surface area contributed by atoms with Crippen LogP contribution in [0.15, 0.2) is 24.3 Å². The highest BCUT2D eigenvalue weighted by Crippen LogP contribution is 2.09. The van der Waals surface area contributed by atoms with Crippen molar-refractivity contribution in [1.29, 1.82) is 0 Å². The highest BCUT2D eigenvalue weighted by atomic mass is 16.5. The summed E-state index contributed by atoms with van der Waals surface area (Å²) in [6.45, 7) is 2.42. The Labute approximate surface area is 95.3 Å². The molecule has 2 N–H and O–H groups in total. The van der Waals surface area contributed by atoms with Crippen LogP contribution in [0.5, 0.6) is 0 Å². The van der Waals surface area contributed by atoms with Crippen molar-refractivity contribution in [2.45, 2.75) is 19.4 Å². The molecule has 0 aliphatic rings. The first-order valence-corrected chi connectivity index (χ1v) is 5.19.